The second kappa shape index (κ2) is 14.4. The molecule has 1 heterocycles. The van der Waals surface area contributed by atoms with Gasteiger partial charge in [-0.15, -0.1) is 0 Å². The Morgan fingerprint density at radius 2 is 1.70 bits per heavy atom. The molecule has 3 atom stereocenters. The van der Waals surface area contributed by atoms with Gasteiger partial charge in [0, 0.05) is 17.9 Å². The molecule has 2 unspecified atom stereocenters. The van der Waals surface area contributed by atoms with Crippen molar-refractivity contribution in [3.05, 3.63) is 64.2 Å². The second-order valence-electron chi connectivity index (χ2n) is 6.66. The predicted molar refractivity (Wildman–Crippen MR) is 125 cm³/mol. The quantitative estimate of drug-likeness (QED) is 0.586. The van der Waals surface area contributed by atoms with Crippen LogP contribution < -0.4 is 4.74 Å². The van der Waals surface area contributed by atoms with Crippen LogP contribution in [0.15, 0.2) is 42.5 Å². The van der Waals surface area contributed by atoms with Crippen LogP contribution >= 0.6 is 11.6 Å². The highest BCUT2D eigenvalue weighted by Gasteiger charge is 2.29. The highest BCUT2D eigenvalue weighted by atomic mass is 35.5. The number of ether oxygens (including phenoxy) is 2. The SMILES string of the molecule is CC.CC.CCOc1ccc(Cc2cc(C3C[C@@H](O)CC(CO)O3)ccc2Cl)cc1. The molecular weight excluding hydrogens is 400 g/mol. The highest BCUT2D eigenvalue weighted by Crippen LogP contribution is 2.33. The number of aliphatic hydroxyl groups is 2. The zero-order valence-corrected chi connectivity index (χ0v) is 19.7. The molecule has 2 N–H and O–H groups in total. The molecule has 1 saturated heterocycles. The molecule has 1 fully saturated rings. The Hall–Kier alpha value is -1.59. The van der Waals surface area contributed by atoms with Crippen molar-refractivity contribution in [2.75, 3.05) is 13.2 Å². The minimum absolute atomic E-state index is 0.0831. The minimum atomic E-state index is -0.462. The number of halogens is 1. The molecule has 30 heavy (non-hydrogen) atoms. The van der Waals surface area contributed by atoms with E-state index in [-0.39, 0.29) is 18.8 Å². The van der Waals surface area contributed by atoms with E-state index in [0.29, 0.717) is 30.9 Å². The van der Waals surface area contributed by atoms with Gasteiger partial charge in [-0.1, -0.05) is 63.6 Å². The molecule has 0 radical (unpaired) electrons. The zero-order chi connectivity index (χ0) is 22.5. The van der Waals surface area contributed by atoms with Crippen LogP contribution in [0.5, 0.6) is 5.75 Å². The van der Waals surface area contributed by atoms with Gasteiger partial charge in [-0.25, -0.2) is 0 Å². The third kappa shape index (κ3) is 7.92. The van der Waals surface area contributed by atoms with Gasteiger partial charge in [0.05, 0.1) is 31.5 Å². The molecule has 0 bridgehead atoms. The van der Waals surface area contributed by atoms with Crippen LogP contribution in [0.3, 0.4) is 0 Å². The average molecular weight is 437 g/mol. The summed E-state index contributed by atoms with van der Waals surface area (Å²) < 4.78 is 11.4. The van der Waals surface area contributed by atoms with Crippen LogP contribution in [0, 0.1) is 0 Å². The first-order valence-electron chi connectivity index (χ1n) is 11.0. The summed E-state index contributed by atoms with van der Waals surface area (Å²) in [6.07, 6.45) is 0.690. The highest BCUT2D eigenvalue weighted by molar-refractivity contribution is 6.31. The normalized spacial score (nSPS) is 20.3. The Bertz CT molecular complexity index is 718. The standard InChI is InChI=1S/C21H25ClO4.2C2H6/c1-2-25-18-6-3-14(4-7-18)9-16-10-15(5-8-20(16)22)21-12-17(24)11-19(13-23)26-21;2*1-2/h3-8,10,17,19,21,23-24H,2,9,11-13H2,1H3;2*1-2H3/t17-,19?,21?;;/m0../s1. The van der Waals surface area contributed by atoms with E-state index in [4.69, 9.17) is 21.1 Å². The van der Waals surface area contributed by atoms with Crippen LogP contribution in [0.4, 0.5) is 0 Å². The van der Waals surface area contributed by atoms with Crippen LogP contribution in [0.25, 0.3) is 0 Å². The predicted octanol–water partition coefficient (Wildman–Crippen LogP) is 5.96. The largest absolute Gasteiger partial charge is 0.494 e. The maximum atomic E-state index is 10.0. The Balaban J connectivity index is 0.00000106. The summed E-state index contributed by atoms with van der Waals surface area (Å²) >= 11 is 6.40. The fourth-order valence-electron chi connectivity index (χ4n) is 3.34. The van der Waals surface area contributed by atoms with E-state index in [0.717, 1.165) is 22.4 Å². The monoisotopic (exact) mass is 436 g/mol. The lowest BCUT2D eigenvalue weighted by Gasteiger charge is -2.32. The van der Waals surface area contributed by atoms with Crippen molar-refractivity contribution in [2.45, 2.75) is 72.2 Å². The lowest BCUT2D eigenvalue weighted by atomic mass is 9.94. The van der Waals surface area contributed by atoms with E-state index < -0.39 is 6.10 Å². The van der Waals surface area contributed by atoms with Gasteiger partial charge in [-0.2, -0.15) is 0 Å². The molecule has 1 aliphatic heterocycles. The van der Waals surface area contributed by atoms with E-state index in [9.17, 15) is 10.2 Å². The second-order valence-corrected chi connectivity index (χ2v) is 7.07. The van der Waals surface area contributed by atoms with Gasteiger partial charge >= 0.3 is 0 Å². The number of hydrogen-bond donors (Lipinski definition) is 2. The van der Waals surface area contributed by atoms with Crippen molar-refractivity contribution in [2.24, 2.45) is 0 Å². The Morgan fingerprint density at radius 3 is 2.30 bits per heavy atom. The van der Waals surface area contributed by atoms with Gasteiger partial charge in [0.25, 0.3) is 0 Å². The van der Waals surface area contributed by atoms with E-state index in [1.807, 2.05) is 77.1 Å². The summed E-state index contributed by atoms with van der Waals surface area (Å²) in [7, 11) is 0. The van der Waals surface area contributed by atoms with Gasteiger partial charge in [0.2, 0.25) is 0 Å². The minimum Gasteiger partial charge on any atom is -0.494 e. The van der Waals surface area contributed by atoms with Crippen molar-refractivity contribution in [1.29, 1.82) is 0 Å². The van der Waals surface area contributed by atoms with Gasteiger partial charge in [-0.05, 0) is 48.2 Å². The summed E-state index contributed by atoms with van der Waals surface area (Å²) in [5.41, 5.74) is 3.13. The average Bonchev–Trinajstić information content (AvgIpc) is 2.79. The molecule has 2 aromatic carbocycles. The summed E-state index contributed by atoms with van der Waals surface area (Å²) in [6.45, 7) is 10.5. The molecule has 5 heteroatoms. The summed E-state index contributed by atoms with van der Waals surface area (Å²) in [5.74, 6) is 0.857. The Kier molecular flexibility index (Phi) is 12.7. The number of aliphatic hydroxyl groups excluding tert-OH is 2. The number of hydrogen-bond acceptors (Lipinski definition) is 4. The summed E-state index contributed by atoms with van der Waals surface area (Å²) in [4.78, 5) is 0. The van der Waals surface area contributed by atoms with Gasteiger partial charge < -0.3 is 19.7 Å². The van der Waals surface area contributed by atoms with E-state index in [1.54, 1.807) is 0 Å². The van der Waals surface area contributed by atoms with Gasteiger partial charge in [0.1, 0.15) is 5.75 Å². The van der Waals surface area contributed by atoms with E-state index in [1.165, 1.54) is 0 Å². The fraction of sp³-hybridized carbons (Fsp3) is 0.520. The molecule has 0 spiro atoms. The van der Waals surface area contributed by atoms with Crippen molar-refractivity contribution < 1.29 is 19.7 Å². The molecule has 2 aromatic rings. The zero-order valence-electron chi connectivity index (χ0n) is 18.9. The molecular formula is C25H37ClO4. The summed E-state index contributed by atoms with van der Waals surface area (Å²) in [6, 6.07) is 13.8. The molecule has 0 amide bonds. The molecule has 4 nitrogen and oxygen atoms in total. The molecule has 0 saturated carbocycles. The van der Waals surface area contributed by atoms with E-state index >= 15 is 0 Å². The maximum absolute atomic E-state index is 10.0. The third-order valence-electron chi connectivity index (χ3n) is 4.65. The van der Waals surface area contributed by atoms with Crippen LogP contribution in [-0.4, -0.2) is 35.6 Å². The maximum Gasteiger partial charge on any atom is 0.119 e. The third-order valence-corrected chi connectivity index (χ3v) is 5.02. The van der Waals surface area contributed by atoms with Crippen molar-refractivity contribution in [3.8, 4) is 5.75 Å². The molecule has 0 aromatic heterocycles. The lowest BCUT2D eigenvalue weighted by Crippen LogP contribution is -2.33. The summed E-state index contributed by atoms with van der Waals surface area (Å²) in [5, 5.41) is 20.1. The van der Waals surface area contributed by atoms with Crippen LogP contribution in [0.2, 0.25) is 5.02 Å². The number of rotatable bonds is 6. The van der Waals surface area contributed by atoms with E-state index in [2.05, 4.69) is 0 Å². The number of benzene rings is 2. The van der Waals surface area contributed by atoms with Gasteiger partial charge in [-0.3, -0.25) is 0 Å². The molecule has 1 aliphatic rings. The first-order valence-corrected chi connectivity index (χ1v) is 11.4. The topological polar surface area (TPSA) is 58.9 Å². The Labute approximate surface area is 186 Å². The lowest BCUT2D eigenvalue weighted by molar-refractivity contribution is -0.113. The van der Waals surface area contributed by atoms with Crippen LogP contribution in [-0.2, 0) is 11.2 Å². The first-order chi connectivity index (χ1) is 14.6. The van der Waals surface area contributed by atoms with Crippen molar-refractivity contribution >= 4 is 11.6 Å². The van der Waals surface area contributed by atoms with Gasteiger partial charge in [0.15, 0.2) is 0 Å². The van der Waals surface area contributed by atoms with Crippen molar-refractivity contribution in [1.82, 2.24) is 0 Å². The smallest absolute Gasteiger partial charge is 0.119 e. The molecule has 0 aliphatic carbocycles. The first kappa shape index (κ1) is 26.4. The Morgan fingerprint density at radius 1 is 1.03 bits per heavy atom. The van der Waals surface area contributed by atoms with Crippen molar-refractivity contribution in [3.63, 3.8) is 0 Å². The molecule has 3 rings (SSSR count). The molecule has 168 valence electrons. The fourth-order valence-corrected chi connectivity index (χ4v) is 3.53. The van der Waals surface area contributed by atoms with Crippen LogP contribution in [0.1, 0.15) is 70.3 Å².